The van der Waals surface area contributed by atoms with Gasteiger partial charge in [-0.2, -0.15) is 0 Å². The molecule has 3 saturated carbocycles. The van der Waals surface area contributed by atoms with Crippen LogP contribution in [-0.2, 0) is 6.42 Å². The molecule has 0 amide bonds. The van der Waals surface area contributed by atoms with Gasteiger partial charge < -0.3 is 0 Å². The zero-order valence-electron chi connectivity index (χ0n) is 37.9. The molecule has 0 unspecified atom stereocenters. The van der Waals surface area contributed by atoms with Gasteiger partial charge >= 0.3 is 0 Å². The molecular formula is C61H50F3N3O. The van der Waals surface area contributed by atoms with Gasteiger partial charge in [0.1, 0.15) is 17.5 Å². The average molecular weight is 898 g/mol. The Bertz CT molecular complexity index is 3350. The summed E-state index contributed by atoms with van der Waals surface area (Å²) in [4.78, 5) is 26.3. The van der Waals surface area contributed by atoms with Gasteiger partial charge in [0.05, 0.1) is 27.9 Å². The Morgan fingerprint density at radius 1 is 0.485 bits per heavy atom. The van der Waals surface area contributed by atoms with Crippen molar-refractivity contribution in [2.75, 3.05) is 0 Å². The highest BCUT2D eigenvalue weighted by molar-refractivity contribution is 6.04. The summed E-state index contributed by atoms with van der Waals surface area (Å²) in [5, 5.41) is 3.18. The summed E-state index contributed by atoms with van der Waals surface area (Å²) in [7, 11) is 0. The maximum absolute atomic E-state index is 13.4. The molecule has 3 fully saturated rings. The number of fused-ring (bicyclic) bond motifs is 3. The lowest BCUT2D eigenvalue weighted by Gasteiger charge is -2.16. The van der Waals surface area contributed by atoms with Crippen LogP contribution in [0, 0.1) is 17.5 Å². The highest BCUT2D eigenvalue weighted by Crippen LogP contribution is 2.47. The molecule has 0 bridgehead atoms. The molecule has 3 aliphatic carbocycles. The standard InChI is InChI=1S/2C21H18FN.C19H14FNO/c2*1-2-5-18-20(14-10-12-16(22)13-11-14)17-6-3-4-7-19(17)23-21(18)15-8-9-15;20-14-9-7-12(8-10-14)18-15-3-1-2-4-17(15)21-19(13-5-6-13)16(18)11-22/h2-7,10-13,15H,8-9H2,1H3;2-4,6-7,10-13,15H,1,5,8-9H2;1-4,7-11,13H,5-6H2. The number of allylic oxidation sites excluding steroid dienone is 2. The average Bonchev–Trinajstić information content (AvgIpc) is 4.19. The van der Waals surface area contributed by atoms with Gasteiger partial charge in [0.15, 0.2) is 6.29 Å². The van der Waals surface area contributed by atoms with Crippen LogP contribution in [0.3, 0.4) is 0 Å². The topological polar surface area (TPSA) is 55.7 Å². The van der Waals surface area contributed by atoms with E-state index in [0.29, 0.717) is 23.3 Å². The van der Waals surface area contributed by atoms with Gasteiger partial charge in [-0.1, -0.05) is 109 Å². The van der Waals surface area contributed by atoms with Gasteiger partial charge in [0.25, 0.3) is 0 Å². The van der Waals surface area contributed by atoms with Gasteiger partial charge in [0.2, 0.25) is 0 Å². The van der Waals surface area contributed by atoms with Crippen LogP contribution in [0.1, 0.15) is 102 Å². The molecule has 12 rings (SSSR count). The highest BCUT2D eigenvalue weighted by atomic mass is 19.1. The Morgan fingerprint density at radius 2 is 0.838 bits per heavy atom. The normalized spacial score (nSPS) is 14.4. The summed E-state index contributed by atoms with van der Waals surface area (Å²) in [6.07, 6.45) is 14.8. The third-order valence-corrected chi connectivity index (χ3v) is 13.0. The largest absolute Gasteiger partial charge is 0.298 e. The number of aldehydes is 1. The Hall–Kier alpha value is -7.51. The number of carbonyl (C=O) groups is 1. The van der Waals surface area contributed by atoms with E-state index in [9.17, 15) is 18.0 Å². The Morgan fingerprint density at radius 3 is 1.24 bits per heavy atom. The van der Waals surface area contributed by atoms with Crippen molar-refractivity contribution < 1.29 is 18.0 Å². The second kappa shape index (κ2) is 19.4. The van der Waals surface area contributed by atoms with Crippen LogP contribution in [0.2, 0.25) is 0 Å². The van der Waals surface area contributed by atoms with E-state index in [-0.39, 0.29) is 17.5 Å². The van der Waals surface area contributed by atoms with Gasteiger partial charge in [-0.25, -0.2) is 13.2 Å². The fourth-order valence-corrected chi connectivity index (χ4v) is 9.40. The second-order valence-electron chi connectivity index (χ2n) is 17.9. The Labute approximate surface area is 395 Å². The van der Waals surface area contributed by atoms with E-state index in [4.69, 9.17) is 15.0 Å². The van der Waals surface area contributed by atoms with E-state index in [1.54, 1.807) is 12.1 Å². The van der Waals surface area contributed by atoms with Crippen molar-refractivity contribution in [3.05, 3.63) is 216 Å². The fourth-order valence-electron chi connectivity index (χ4n) is 9.40. The Kier molecular flexibility index (Phi) is 12.6. The molecule has 68 heavy (non-hydrogen) atoms. The zero-order chi connectivity index (χ0) is 46.7. The SMILES string of the molecule is C=CCc1c(C2CC2)nc2ccccc2c1-c1ccc(F)cc1.CC=Cc1c(C2CC2)nc2ccccc2c1-c1ccc(F)cc1.O=Cc1c(C2CC2)nc2ccccc2c1-c1ccc(F)cc1. The number of para-hydroxylation sites is 3. The quantitative estimate of drug-likeness (QED) is 0.101. The van der Waals surface area contributed by atoms with E-state index in [1.165, 1.54) is 90.2 Å². The minimum absolute atomic E-state index is 0.206. The molecule has 3 aromatic heterocycles. The lowest BCUT2D eigenvalue weighted by Crippen LogP contribution is -2.01. The number of rotatable bonds is 10. The zero-order valence-corrected chi connectivity index (χ0v) is 37.9. The van der Waals surface area contributed by atoms with Crippen molar-refractivity contribution in [1.82, 2.24) is 15.0 Å². The molecule has 0 atom stereocenters. The summed E-state index contributed by atoms with van der Waals surface area (Å²) in [5.41, 5.74) is 15.4. The first-order chi connectivity index (χ1) is 33.3. The van der Waals surface area contributed by atoms with Gasteiger partial charge in [-0.05, 0) is 134 Å². The predicted octanol–water partition coefficient (Wildman–Crippen LogP) is 16.3. The van der Waals surface area contributed by atoms with Gasteiger partial charge in [-0.3, -0.25) is 19.7 Å². The van der Waals surface area contributed by atoms with Crippen molar-refractivity contribution in [3.63, 3.8) is 0 Å². The smallest absolute Gasteiger partial charge is 0.152 e. The van der Waals surface area contributed by atoms with Crippen LogP contribution in [0.5, 0.6) is 0 Å². The maximum Gasteiger partial charge on any atom is 0.152 e. The van der Waals surface area contributed by atoms with Gasteiger partial charge in [0, 0.05) is 61.9 Å². The summed E-state index contributed by atoms with van der Waals surface area (Å²) in [5.74, 6) is 0.807. The first-order valence-electron chi connectivity index (χ1n) is 23.6. The van der Waals surface area contributed by atoms with Crippen LogP contribution in [0.4, 0.5) is 13.2 Å². The molecule has 0 aliphatic heterocycles. The van der Waals surface area contributed by atoms with Crippen molar-refractivity contribution >= 4 is 45.1 Å². The van der Waals surface area contributed by atoms with Crippen molar-refractivity contribution in [2.45, 2.75) is 69.6 Å². The number of halogens is 3. The molecule has 9 aromatic rings. The molecular weight excluding hydrogens is 848 g/mol. The number of hydrogen-bond acceptors (Lipinski definition) is 4. The number of hydrogen-bond donors (Lipinski definition) is 0. The second-order valence-corrected chi connectivity index (χ2v) is 17.9. The molecule has 0 N–H and O–H groups in total. The monoisotopic (exact) mass is 897 g/mol. The molecule has 4 nitrogen and oxygen atoms in total. The van der Waals surface area contributed by atoms with Crippen molar-refractivity contribution in [1.29, 1.82) is 0 Å². The predicted molar refractivity (Wildman–Crippen MR) is 271 cm³/mol. The number of benzene rings is 6. The third kappa shape index (κ3) is 9.26. The first kappa shape index (κ1) is 44.3. The lowest BCUT2D eigenvalue weighted by atomic mass is 9.91. The molecule has 336 valence electrons. The molecule has 6 aromatic carbocycles. The van der Waals surface area contributed by atoms with Crippen molar-refractivity contribution in [2.24, 2.45) is 0 Å². The minimum atomic E-state index is -0.280. The number of carbonyl (C=O) groups excluding carboxylic acids is 1. The molecule has 3 heterocycles. The van der Waals surface area contributed by atoms with E-state index < -0.39 is 0 Å². The summed E-state index contributed by atoms with van der Waals surface area (Å²) < 4.78 is 39.9. The van der Waals surface area contributed by atoms with Crippen LogP contribution in [0.25, 0.3) is 72.2 Å². The highest BCUT2D eigenvalue weighted by Gasteiger charge is 2.32. The molecule has 0 radical (unpaired) electrons. The number of aromatic nitrogens is 3. The van der Waals surface area contributed by atoms with Crippen LogP contribution in [-0.4, -0.2) is 21.2 Å². The summed E-state index contributed by atoms with van der Waals surface area (Å²) >= 11 is 0. The van der Waals surface area contributed by atoms with E-state index in [2.05, 4.69) is 43.0 Å². The molecule has 3 aliphatic rings. The fraction of sp³-hybridized carbons (Fsp3) is 0.180. The minimum Gasteiger partial charge on any atom is -0.298 e. The number of nitrogens with zero attached hydrogens (tertiary/aromatic N) is 3. The third-order valence-electron chi connectivity index (χ3n) is 13.0. The van der Waals surface area contributed by atoms with E-state index in [1.807, 2.05) is 85.8 Å². The van der Waals surface area contributed by atoms with Gasteiger partial charge in [-0.15, -0.1) is 6.58 Å². The summed E-state index contributed by atoms with van der Waals surface area (Å²) in [6.45, 7) is 5.95. The number of pyridine rings is 3. The lowest BCUT2D eigenvalue weighted by molar-refractivity contribution is 0.112. The molecule has 7 heteroatoms. The van der Waals surface area contributed by atoms with Crippen molar-refractivity contribution in [3.8, 4) is 33.4 Å². The maximum atomic E-state index is 13.4. The van der Waals surface area contributed by atoms with E-state index >= 15 is 0 Å². The van der Waals surface area contributed by atoms with Crippen LogP contribution >= 0.6 is 0 Å². The summed E-state index contributed by atoms with van der Waals surface area (Å²) in [6, 6.07) is 44.1. The molecule has 0 spiro atoms. The molecule has 0 saturated heterocycles. The van der Waals surface area contributed by atoms with Crippen LogP contribution < -0.4 is 0 Å². The van der Waals surface area contributed by atoms with Crippen LogP contribution in [0.15, 0.2) is 164 Å². The first-order valence-corrected chi connectivity index (χ1v) is 23.6. The van der Waals surface area contributed by atoms with E-state index in [0.717, 1.165) is 91.8 Å². The Balaban J connectivity index is 0.000000119.